The Balaban J connectivity index is 2.61. The van der Waals surface area contributed by atoms with Crippen LogP contribution < -0.4 is 0 Å². The summed E-state index contributed by atoms with van der Waals surface area (Å²) in [5.41, 5.74) is -1.20. The highest BCUT2D eigenvalue weighted by molar-refractivity contribution is 5.92. The summed E-state index contributed by atoms with van der Waals surface area (Å²) in [7, 11) is 1.10. The van der Waals surface area contributed by atoms with Crippen LogP contribution in [0.25, 0.3) is 11.1 Å². The van der Waals surface area contributed by atoms with Crippen LogP contribution in [0, 0.1) is 10.1 Å². The normalized spacial score (nSPS) is 11.1. The molecule has 2 aromatic carbocycles. The molecule has 0 atom stereocenters. The number of esters is 1. The van der Waals surface area contributed by atoms with Crippen LogP contribution in [0.3, 0.4) is 0 Å². The Morgan fingerprint density at radius 3 is 2.39 bits per heavy atom. The van der Waals surface area contributed by atoms with E-state index in [0.29, 0.717) is 0 Å². The minimum atomic E-state index is -4.54. The maximum absolute atomic E-state index is 12.8. The molecule has 0 aromatic heterocycles. The van der Waals surface area contributed by atoms with E-state index in [-0.39, 0.29) is 16.7 Å². The second-order valence-corrected chi connectivity index (χ2v) is 4.60. The van der Waals surface area contributed by atoms with Crippen LogP contribution in [0.4, 0.5) is 18.9 Å². The molecule has 0 aliphatic rings. The average molecular weight is 325 g/mol. The van der Waals surface area contributed by atoms with Crippen LogP contribution in [0.2, 0.25) is 0 Å². The second kappa shape index (κ2) is 6.07. The summed E-state index contributed by atoms with van der Waals surface area (Å²) < 4.78 is 42.8. The Morgan fingerprint density at radius 1 is 1.13 bits per heavy atom. The van der Waals surface area contributed by atoms with Gasteiger partial charge in [0.15, 0.2) is 0 Å². The Bertz CT molecular complexity index is 772. The minimum Gasteiger partial charge on any atom is -0.465 e. The number of methoxy groups -OCH3 is 1. The topological polar surface area (TPSA) is 69.4 Å². The molecule has 23 heavy (non-hydrogen) atoms. The zero-order chi connectivity index (χ0) is 17.2. The molecular weight excluding hydrogens is 315 g/mol. The molecule has 5 nitrogen and oxygen atoms in total. The Morgan fingerprint density at radius 2 is 1.83 bits per heavy atom. The zero-order valence-electron chi connectivity index (χ0n) is 11.8. The highest BCUT2D eigenvalue weighted by Gasteiger charge is 2.30. The summed E-state index contributed by atoms with van der Waals surface area (Å²) in [5, 5.41) is 10.9. The molecule has 0 aliphatic heterocycles. The van der Waals surface area contributed by atoms with Gasteiger partial charge in [0.25, 0.3) is 5.69 Å². The van der Waals surface area contributed by atoms with Gasteiger partial charge >= 0.3 is 12.1 Å². The monoisotopic (exact) mass is 325 g/mol. The molecule has 0 N–H and O–H groups in total. The minimum absolute atomic E-state index is 0.105. The highest BCUT2D eigenvalue weighted by Crippen LogP contribution is 2.33. The van der Waals surface area contributed by atoms with Gasteiger partial charge in [-0.05, 0) is 29.3 Å². The second-order valence-electron chi connectivity index (χ2n) is 4.60. The summed E-state index contributed by atoms with van der Waals surface area (Å²) in [6.07, 6.45) is -4.54. The summed E-state index contributed by atoms with van der Waals surface area (Å²) in [4.78, 5) is 21.8. The first kappa shape index (κ1) is 16.5. The highest BCUT2D eigenvalue weighted by atomic mass is 19.4. The molecule has 0 amide bonds. The predicted octanol–water partition coefficient (Wildman–Crippen LogP) is 4.07. The molecule has 0 spiro atoms. The van der Waals surface area contributed by atoms with Crippen molar-refractivity contribution in [2.24, 2.45) is 0 Å². The van der Waals surface area contributed by atoms with Gasteiger partial charge in [0, 0.05) is 12.1 Å². The van der Waals surface area contributed by atoms with Crippen molar-refractivity contribution in [2.75, 3.05) is 7.11 Å². The number of non-ortho nitro benzene ring substituents is 1. The van der Waals surface area contributed by atoms with Crippen molar-refractivity contribution in [3.63, 3.8) is 0 Å². The molecule has 0 aliphatic carbocycles. The summed E-state index contributed by atoms with van der Waals surface area (Å²) in [6, 6.07) is 7.66. The largest absolute Gasteiger partial charge is 0.465 e. The van der Waals surface area contributed by atoms with Gasteiger partial charge in [0.2, 0.25) is 0 Å². The molecule has 120 valence electrons. The molecule has 2 aromatic rings. The summed E-state index contributed by atoms with van der Waals surface area (Å²) >= 11 is 0. The van der Waals surface area contributed by atoms with Crippen molar-refractivity contribution in [2.45, 2.75) is 6.18 Å². The van der Waals surface area contributed by atoms with Gasteiger partial charge in [-0.1, -0.05) is 12.1 Å². The molecule has 0 saturated carbocycles. The number of ether oxygens (including phenoxy) is 1. The van der Waals surface area contributed by atoms with Crippen LogP contribution in [-0.4, -0.2) is 18.0 Å². The van der Waals surface area contributed by atoms with Crippen LogP contribution in [0.15, 0.2) is 42.5 Å². The van der Waals surface area contributed by atoms with Gasteiger partial charge in [-0.15, -0.1) is 0 Å². The van der Waals surface area contributed by atoms with Crippen LogP contribution in [0.1, 0.15) is 15.9 Å². The molecule has 0 bridgehead atoms. The first-order chi connectivity index (χ1) is 10.7. The Hall–Kier alpha value is -2.90. The van der Waals surface area contributed by atoms with E-state index in [9.17, 15) is 28.1 Å². The lowest BCUT2D eigenvalue weighted by Gasteiger charge is -2.09. The molecule has 0 fully saturated rings. The fourth-order valence-corrected chi connectivity index (χ4v) is 1.99. The third-order valence-corrected chi connectivity index (χ3v) is 3.07. The number of halogens is 3. The van der Waals surface area contributed by atoms with Gasteiger partial charge in [-0.3, -0.25) is 10.1 Å². The van der Waals surface area contributed by atoms with E-state index in [4.69, 9.17) is 0 Å². The van der Waals surface area contributed by atoms with Crippen molar-refractivity contribution < 1.29 is 27.6 Å². The van der Waals surface area contributed by atoms with Crippen molar-refractivity contribution in [3.8, 4) is 11.1 Å². The maximum Gasteiger partial charge on any atom is 0.416 e. The molecular formula is C15H10F3NO4. The number of hydrogen-bond acceptors (Lipinski definition) is 4. The van der Waals surface area contributed by atoms with E-state index in [0.717, 1.165) is 31.4 Å². The SMILES string of the molecule is COC(=O)c1cc(-c2cccc(C(F)(F)F)c2)cc([N+](=O)[O-])c1. The van der Waals surface area contributed by atoms with Crippen LogP contribution >= 0.6 is 0 Å². The number of hydrogen-bond donors (Lipinski definition) is 0. The number of nitro groups is 1. The molecule has 0 saturated heterocycles. The first-order valence-corrected chi connectivity index (χ1v) is 6.28. The smallest absolute Gasteiger partial charge is 0.416 e. The van der Waals surface area contributed by atoms with Gasteiger partial charge in [-0.25, -0.2) is 4.79 Å². The number of alkyl halides is 3. The molecule has 0 unspecified atom stereocenters. The van der Waals surface area contributed by atoms with Gasteiger partial charge in [0.05, 0.1) is 23.2 Å². The third kappa shape index (κ3) is 3.65. The van der Waals surface area contributed by atoms with Crippen molar-refractivity contribution in [1.29, 1.82) is 0 Å². The molecule has 8 heteroatoms. The number of nitrogens with zero attached hydrogens (tertiary/aromatic N) is 1. The lowest BCUT2D eigenvalue weighted by molar-refractivity contribution is -0.384. The van der Waals surface area contributed by atoms with E-state index in [1.807, 2.05) is 0 Å². The van der Waals surface area contributed by atoms with Crippen LogP contribution in [0.5, 0.6) is 0 Å². The van der Waals surface area contributed by atoms with Crippen molar-refractivity contribution in [1.82, 2.24) is 0 Å². The van der Waals surface area contributed by atoms with Crippen molar-refractivity contribution in [3.05, 3.63) is 63.7 Å². The van der Waals surface area contributed by atoms with E-state index in [1.165, 1.54) is 18.2 Å². The van der Waals surface area contributed by atoms with Crippen molar-refractivity contribution >= 4 is 11.7 Å². The number of benzene rings is 2. The number of nitro benzene ring substituents is 1. The Kier molecular flexibility index (Phi) is 4.35. The molecule has 2 rings (SSSR count). The molecule has 0 heterocycles. The van der Waals surface area contributed by atoms with Gasteiger partial charge < -0.3 is 4.74 Å². The zero-order valence-corrected chi connectivity index (χ0v) is 11.8. The molecule has 0 radical (unpaired) electrons. The lowest BCUT2D eigenvalue weighted by atomic mass is 10.00. The number of rotatable bonds is 3. The summed E-state index contributed by atoms with van der Waals surface area (Å²) in [6.45, 7) is 0. The van der Waals surface area contributed by atoms with Crippen LogP contribution in [-0.2, 0) is 10.9 Å². The first-order valence-electron chi connectivity index (χ1n) is 6.28. The fourth-order valence-electron chi connectivity index (χ4n) is 1.99. The van der Waals surface area contributed by atoms with Gasteiger partial charge in [-0.2, -0.15) is 13.2 Å². The third-order valence-electron chi connectivity index (χ3n) is 3.07. The fraction of sp³-hybridized carbons (Fsp3) is 0.133. The maximum atomic E-state index is 12.8. The standard InChI is InChI=1S/C15H10F3NO4/c1-23-14(20)11-5-10(7-13(8-11)19(21)22)9-3-2-4-12(6-9)15(16,17)18/h2-8H,1H3. The number of carbonyl (C=O) groups excluding carboxylic acids is 1. The average Bonchev–Trinajstić information content (AvgIpc) is 2.53. The lowest BCUT2D eigenvalue weighted by Crippen LogP contribution is -2.05. The van der Waals surface area contributed by atoms with E-state index >= 15 is 0 Å². The van der Waals surface area contributed by atoms with E-state index < -0.39 is 28.3 Å². The summed E-state index contributed by atoms with van der Waals surface area (Å²) in [5.74, 6) is -0.818. The Labute approximate surface area is 128 Å². The quantitative estimate of drug-likeness (QED) is 0.484. The van der Waals surface area contributed by atoms with E-state index in [1.54, 1.807) is 0 Å². The predicted molar refractivity (Wildman–Crippen MR) is 74.9 cm³/mol. The number of carbonyl (C=O) groups is 1. The van der Waals surface area contributed by atoms with Gasteiger partial charge in [0.1, 0.15) is 0 Å². The van der Waals surface area contributed by atoms with E-state index in [2.05, 4.69) is 4.74 Å².